The van der Waals surface area contributed by atoms with E-state index >= 15 is 8.78 Å². The molecule has 2 N–H and O–H groups in total. The second-order valence-corrected chi connectivity index (χ2v) is 10.5. The highest BCUT2D eigenvalue weighted by molar-refractivity contribution is 8.00. The first kappa shape index (κ1) is 27.1. The average Bonchev–Trinajstić information content (AvgIpc) is 3.33. The number of halogens is 5. The van der Waals surface area contributed by atoms with Crippen LogP contribution >= 0.6 is 23.3 Å². The molecule has 0 amide bonds. The minimum atomic E-state index is -4.93. The molecule has 1 aromatic carbocycles. The minimum Gasteiger partial charge on any atom is -0.388 e. The average molecular weight is 580 g/mol. The molecule has 0 atom stereocenters. The Bertz CT molecular complexity index is 1450. The van der Waals surface area contributed by atoms with Gasteiger partial charge in [0.1, 0.15) is 10.8 Å². The highest BCUT2D eigenvalue weighted by atomic mass is 32.2. The van der Waals surface area contributed by atoms with Gasteiger partial charge in [-0.05, 0) is 31.0 Å². The molecule has 0 spiro atoms. The summed E-state index contributed by atoms with van der Waals surface area (Å²) in [7, 11) is 0. The molecule has 1 aliphatic rings. The third kappa shape index (κ3) is 6.77. The van der Waals surface area contributed by atoms with Gasteiger partial charge in [0, 0.05) is 42.1 Å². The maximum atomic E-state index is 15.5. The number of benzene rings is 1. The summed E-state index contributed by atoms with van der Waals surface area (Å²) in [4.78, 5) is 13.5. The van der Waals surface area contributed by atoms with Crippen molar-refractivity contribution in [3.63, 3.8) is 0 Å². The fraction of sp³-hybridized carbons (Fsp3) is 0.269. The van der Waals surface area contributed by atoms with Gasteiger partial charge in [0.25, 0.3) is 5.92 Å². The van der Waals surface area contributed by atoms with E-state index in [1.807, 2.05) is 18.2 Å². The second-order valence-electron chi connectivity index (χ2n) is 8.66. The Balaban J connectivity index is 1.61. The molecule has 4 aromatic rings. The molecule has 39 heavy (non-hydrogen) atoms. The number of fused-ring (bicyclic) bond motifs is 6. The monoisotopic (exact) mass is 579 g/mol. The Kier molecular flexibility index (Phi) is 7.89. The maximum Gasteiger partial charge on any atom is 0.574 e. The molecule has 0 fully saturated rings. The van der Waals surface area contributed by atoms with Crippen LogP contribution in [0.3, 0.4) is 0 Å². The van der Waals surface area contributed by atoms with Gasteiger partial charge in [-0.3, -0.25) is 0 Å². The van der Waals surface area contributed by atoms with Crippen LogP contribution in [0.5, 0.6) is 5.88 Å². The van der Waals surface area contributed by atoms with Crippen molar-refractivity contribution in [2.45, 2.75) is 43.0 Å². The van der Waals surface area contributed by atoms with Gasteiger partial charge in [0.05, 0.1) is 16.3 Å². The van der Waals surface area contributed by atoms with Gasteiger partial charge in [-0.1, -0.05) is 54.2 Å². The van der Waals surface area contributed by atoms with E-state index in [2.05, 4.69) is 29.7 Å². The molecule has 0 saturated heterocycles. The van der Waals surface area contributed by atoms with Crippen molar-refractivity contribution >= 4 is 34.2 Å². The van der Waals surface area contributed by atoms with Gasteiger partial charge in [0.2, 0.25) is 5.88 Å². The van der Waals surface area contributed by atoms with Gasteiger partial charge in [-0.2, -0.15) is 0 Å². The summed E-state index contributed by atoms with van der Waals surface area (Å²) >= 11 is 2.26. The lowest BCUT2D eigenvalue weighted by atomic mass is 9.94. The molecule has 1 aliphatic heterocycles. The number of hydrogen-bond acceptors (Lipinski definition) is 8. The quantitative estimate of drug-likeness (QED) is 0.183. The van der Waals surface area contributed by atoms with Crippen molar-refractivity contribution in [1.82, 2.24) is 15.0 Å². The molecule has 204 valence electrons. The predicted octanol–water partition coefficient (Wildman–Crippen LogP) is 8.36. The lowest BCUT2D eigenvalue weighted by Crippen LogP contribution is -2.18. The summed E-state index contributed by atoms with van der Waals surface area (Å²) in [6.45, 7) is 0.611. The first-order valence-corrected chi connectivity index (χ1v) is 13.7. The molecule has 0 aliphatic carbocycles. The SMILES string of the molecule is FC(F)(F)Oc1cccc(-c2sc3nc2-c2ccccc2C(F)(F)CCCCCNc2cccc(n2)SN3)n1. The number of rotatable bonds is 2. The fourth-order valence-corrected chi connectivity index (χ4v) is 5.73. The van der Waals surface area contributed by atoms with Gasteiger partial charge in [-0.25, -0.2) is 23.7 Å². The van der Waals surface area contributed by atoms with Crippen molar-refractivity contribution in [2.75, 3.05) is 16.6 Å². The lowest BCUT2D eigenvalue weighted by molar-refractivity contribution is -0.276. The summed E-state index contributed by atoms with van der Waals surface area (Å²) in [5.74, 6) is -3.15. The van der Waals surface area contributed by atoms with Crippen LogP contribution in [0.25, 0.3) is 21.8 Å². The maximum absolute atomic E-state index is 15.5. The van der Waals surface area contributed by atoms with Gasteiger partial charge >= 0.3 is 6.36 Å². The zero-order valence-electron chi connectivity index (χ0n) is 20.3. The van der Waals surface area contributed by atoms with E-state index in [0.717, 1.165) is 17.4 Å². The highest BCUT2D eigenvalue weighted by Crippen LogP contribution is 2.45. The first-order valence-electron chi connectivity index (χ1n) is 12.0. The van der Waals surface area contributed by atoms with Crippen LogP contribution < -0.4 is 14.8 Å². The molecule has 13 heteroatoms. The van der Waals surface area contributed by atoms with E-state index in [1.54, 1.807) is 6.07 Å². The summed E-state index contributed by atoms with van der Waals surface area (Å²) in [5, 5.41) is 4.21. The zero-order chi connectivity index (χ0) is 27.5. The number of ether oxygens (including phenoxy) is 1. The summed E-state index contributed by atoms with van der Waals surface area (Å²) in [5.41, 5.74) is 0.276. The lowest BCUT2D eigenvalue weighted by Gasteiger charge is -2.20. The van der Waals surface area contributed by atoms with E-state index in [4.69, 9.17) is 0 Å². The molecule has 3 aromatic heterocycles. The zero-order valence-corrected chi connectivity index (χ0v) is 21.9. The van der Waals surface area contributed by atoms with Gasteiger partial charge in [0.15, 0.2) is 5.13 Å². The smallest absolute Gasteiger partial charge is 0.388 e. The van der Waals surface area contributed by atoms with Crippen molar-refractivity contribution in [3.05, 3.63) is 66.2 Å². The van der Waals surface area contributed by atoms with Crippen molar-refractivity contribution < 1.29 is 26.7 Å². The standard InChI is InChI=1S/C26H22F5N5OS2/c27-25(28)14-4-1-5-15-32-19-11-7-13-21(34-19)39-36-24-35-22(16-8-2-3-9-17(16)25)23(38-24)18-10-6-12-20(33-18)37-26(29,30)31/h2-3,6-13H,1,4-5,14-15H2,(H,32,34)(H,35,36). The fourth-order valence-electron chi connectivity index (χ4n) is 4.11. The molecule has 5 rings (SSSR count). The molecule has 0 radical (unpaired) electrons. The van der Waals surface area contributed by atoms with Crippen LogP contribution in [0.2, 0.25) is 0 Å². The number of pyridine rings is 2. The predicted molar refractivity (Wildman–Crippen MR) is 142 cm³/mol. The van der Waals surface area contributed by atoms with E-state index in [-0.39, 0.29) is 28.9 Å². The van der Waals surface area contributed by atoms with Gasteiger partial charge in [-0.15, -0.1) is 13.2 Å². The number of hydrogen-bond donors (Lipinski definition) is 2. The normalized spacial score (nSPS) is 15.8. The Morgan fingerprint density at radius 1 is 0.872 bits per heavy atom. The number of aromatic nitrogens is 3. The highest BCUT2D eigenvalue weighted by Gasteiger charge is 2.35. The molecular weight excluding hydrogens is 557 g/mol. The van der Waals surface area contributed by atoms with E-state index < -0.39 is 18.2 Å². The van der Waals surface area contributed by atoms with Crippen LogP contribution in [0.15, 0.2) is 65.7 Å². The van der Waals surface area contributed by atoms with E-state index in [9.17, 15) is 13.2 Å². The molecule has 4 bridgehead atoms. The number of nitrogens with one attached hydrogen (secondary N) is 2. The Morgan fingerprint density at radius 3 is 2.54 bits per heavy atom. The van der Waals surface area contributed by atoms with Crippen LogP contribution in [-0.4, -0.2) is 27.9 Å². The topological polar surface area (TPSA) is 72.0 Å². The summed E-state index contributed by atoms with van der Waals surface area (Å²) in [6, 6.07) is 15.5. The number of thiazole rings is 1. The third-order valence-electron chi connectivity index (χ3n) is 5.82. The van der Waals surface area contributed by atoms with E-state index in [1.165, 1.54) is 42.3 Å². The Morgan fingerprint density at radius 2 is 1.69 bits per heavy atom. The van der Waals surface area contributed by atoms with Crippen LogP contribution in [0.1, 0.15) is 31.2 Å². The Hall–Kier alpha value is -3.45. The third-order valence-corrected chi connectivity index (χ3v) is 7.67. The van der Waals surface area contributed by atoms with Crippen LogP contribution in [0, 0.1) is 0 Å². The second kappa shape index (κ2) is 11.3. The number of anilines is 2. The minimum absolute atomic E-state index is 0.110. The molecular formula is C26H22F5N5OS2. The van der Waals surface area contributed by atoms with Gasteiger partial charge < -0.3 is 14.8 Å². The van der Waals surface area contributed by atoms with Crippen LogP contribution in [0.4, 0.5) is 32.9 Å². The van der Waals surface area contributed by atoms with Crippen molar-refractivity contribution in [3.8, 4) is 27.7 Å². The first-order chi connectivity index (χ1) is 18.7. The largest absolute Gasteiger partial charge is 0.574 e. The molecule has 0 unspecified atom stereocenters. The number of alkyl halides is 5. The molecule has 4 heterocycles. The van der Waals surface area contributed by atoms with Crippen molar-refractivity contribution in [2.24, 2.45) is 0 Å². The Labute approximate surface area is 229 Å². The summed E-state index contributed by atoms with van der Waals surface area (Å²) in [6.07, 6.45) is -3.68. The van der Waals surface area contributed by atoms with Crippen LogP contribution in [-0.2, 0) is 5.92 Å². The van der Waals surface area contributed by atoms with Crippen molar-refractivity contribution in [1.29, 1.82) is 0 Å². The number of nitrogens with zero attached hydrogens (tertiary/aromatic N) is 3. The molecule has 6 nitrogen and oxygen atoms in total. The summed E-state index contributed by atoms with van der Waals surface area (Å²) < 4.78 is 76.7. The molecule has 0 saturated carbocycles. The van der Waals surface area contributed by atoms with E-state index in [0.29, 0.717) is 46.7 Å².